The van der Waals surface area contributed by atoms with Gasteiger partial charge in [-0.2, -0.15) is 0 Å². The van der Waals surface area contributed by atoms with Gasteiger partial charge in [0.25, 0.3) is 0 Å². The summed E-state index contributed by atoms with van der Waals surface area (Å²) < 4.78 is 7.23. The van der Waals surface area contributed by atoms with Gasteiger partial charge in [-0.15, -0.1) is 0 Å². The summed E-state index contributed by atoms with van der Waals surface area (Å²) in [5, 5.41) is 9.71. The van der Waals surface area contributed by atoms with Gasteiger partial charge < -0.3 is 20.9 Å². The molecule has 3 aliphatic heterocycles. The van der Waals surface area contributed by atoms with Gasteiger partial charge in [0, 0.05) is 34.1 Å². The third kappa shape index (κ3) is 13.0. The van der Waals surface area contributed by atoms with Crippen LogP contribution in [0.2, 0.25) is 0 Å². The van der Waals surface area contributed by atoms with E-state index in [2.05, 4.69) is 40.9 Å². The molecular weight excluding hydrogens is 260 g/mol. The van der Waals surface area contributed by atoms with Crippen LogP contribution in [-0.4, -0.2) is 64.3 Å². The first kappa shape index (κ1) is 18.6. The van der Waals surface area contributed by atoms with Crippen molar-refractivity contribution in [1.29, 1.82) is 0 Å². The number of rotatable bonds is 0. The molecule has 0 aromatic carbocycles. The molecule has 0 aliphatic carbocycles. The van der Waals surface area contributed by atoms with Gasteiger partial charge in [-0.05, 0) is 52.9 Å². The third-order valence-electron chi connectivity index (χ3n) is 3.68. The number of nitrogens with one attached hydrogen (secondary N) is 3. The minimum atomic E-state index is 0. The molecule has 0 aromatic rings. The van der Waals surface area contributed by atoms with Crippen molar-refractivity contribution in [2.75, 3.05) is 59.4 Å². The molecule has 3 aliphatic rings. The fourth-order valence-corrected chi connectivity index (χ4v) is 2.19. The molecular formula is C17H38N4. The van der Waals surface area contributed by atoms with Crippen molar-refractivity contribution in [3.05, 3.63) is 11.6 Å². The van der Waals surface area contributed by atoms with Gasteiger partial charge in [-0.3, -0.25) is 0 Å². The maximum absolute atomic E-state index is 7.23. The highest BCUT2D eigenvalue weighted by Crippen LogP contribution is 1.99. The fraction of sp³-hybridized carbons (Fsp3) is 0.882. The molecule has 4 heteroatoms. The Hall–Kier alpha value is -0.420. The van der Waals surface area contributed by atoms with Crippen LogP contribution in [0, 0.1) is 0 Å². The van der Waals surface area contributed by atoms with Gasteiger partial charge in [-0.25, -0.2) is 0 Å². The maximum Gasteiger partial charge on any atom is 0.0267 e. The van der Waals surface area contributed by atoms with Crippen molar-refractivity contribution >= 4 is 0 Å². The molecule has 0 amide bonds. The number of nitrogens with zero attached hydrogens (tertiary/aromatic N) is 1. The summed E-state index contributed by atoms with van der Waals surface area (Å²) in [6.45, 7) is 11.3. The van der Waals surface area contributed by atoms with Gasteiger partial charge in [-0.1, -0.05) is 25.5 Å². The molecule has 2 fully saturated rings. The van der Waals surface area contributed by atoms with Crippen LogP contribution < -0.4 is 16.0 Å². The fourth-order valence-electron chi connectivity index (χ4n) is 2.19. The topological polar surface area (TPSA) is 39.3 Å². The van der Waals surface area contributed by atoms with Crippen molar-refractivity contribution in [2.45, 2.75) is 40.0 Å². The highest BCUT2D eigenvalue weighted by molar-refractivity contribution is 5.02. The summed E-state index contributed by atoms with van der Waals surface area (Å²) in [5.41, 5.74) is 1.53. The molecule has 0 bridgehead atoms. The molecule has 21 heavy (non-hydrogen) atoms. The molecule has 2 saturated heterocycles. The Morgan fingerprint density at radius 3 is 1.90 bits per heavy atom. The second-order valence-corrected chi connectivity index (χ2v) is 5.67. The first-order valence-corrected chi connectivity index (χ1v) is 8.07. The Morgan fingerprint density at radius 2 is 1.62 bits per heavy atom. The quantitative estimate of drug-likeness (QED) is 0.597. The highest BCUT2D eigenvalue weighted by Gasteiger charge is 2.01. The van der Waals surface area contributed by atoms with E-state index in [1.807, 2.05) is 0 Å². The lowest BCUT2D eigenvalue weighted by molar-refractivity contribution is 0.291. The largest absolute Gasteiger partial charge is 0.317 e. The smallest absolute Gasteiger partial charge is 0.0267 e. The molecule has 126 valence electrons. The van der Waals surface area contributed by atoms with E-state index in [9.17, 15) is 0 Å². The predicted molar refractivity (Wildman–Crippen MR) is 95.1 cm³/mol. The van der Waals surface area contributed by atoms with E-state index in [-0.39, 0.29) is 13.8 Å². The molecule has 3 rings (SSSR count). The minimum Gasteiger partial charge on any atom is -0.317 e. The monoisotopic (exact) mass is 299 g/mol. The van der Waals surface area contributed by atoms with E-state index in [1.54, 1.807) is 0 Å². The van der Waals surface area contributed by atoms with Crippen molar-refractivity contribution < 1.29 is 1.37 Å². The van der Waals surface area contributed by atoms with Gasteiger partial charge in [0.05, 0.1) is 0 Å². The molecule has 0 unspecified atom stereocenters. The zero-order chi connectivity index (χ0) is 15.3. The number of piperazine rings is 1. The Morgan fingerprint density at radius 1 is 1.00 bits per heavy atom. The lowest BCUT2D eigenvalue weighted by Gasteiger charge is -2.21. The van der Waals surface area contributed by atoms with Crippen molar-refractivity contribution in [1.82, 2.24) is 20.9 Å². The van der Waals surface area contributed by atoms with Crippen LogP contribution in [0.1, 0.15) is 41.4 Å². The van der Waals surface area contributed by atoms with Crippen LogP contribution in [0.5, 0.6) is 0 Å². The molecule has 4 nitrogen and oxygen atoms in total. The third-order valence-corrected chi connectivity index (χ3v) is 3.68. The molecule has 0 aromatic heterocycles. The molecule has 0 saturated carbocycles. The summed E-state index contributed by atoms with van der Waals surface area (Å²) in [6.07, 6.45) is 5.78. The first-order valence-electron chi connectivity index (χ1n) is 8.65. The zero-order valence-corrected chi connectivity index (χ0v) is 13.4. The van der Waals surface area contributed by atoms with E-state index in [0.717, 1.165) is 45.6 Å². The van der Waals surface area contributed by atoms with Crippen LogP contribution in [-0.2, 0) is 0 Å². The molecule has 0 spiro atoms. The number of likely N-dealkylation sites (N-methyl/N-ethyl adjacent to an activating group) is 1. The van der Waals surface area contributed by atoms with E-state index >= 15 is 0 Å². The van der Waals surface area contributed by atoms with Crippen LogP contribution in [0.15, 0.2) is 11.6 Å². The molecule has 3 heterocycles. The first-order chi connectivity index (χ1) is 10.2. The van der Waals surface area contributed by atoms with E-state index in [1.165, 1.54) is 31.6 Å². The maximum atomic E-state index is 7.23. The molecule has 3 N–H and O–H groups in total. The Kier molecular flexibility index (Phi) is 12.9. The van der Waals surface area contributed by atoms with Crippen molar-refractivity contribution in [2.24, 2.45) is 0 Å². The van der Waals surface area contributed by atoms with Crippen LogP contribution >= 0.6 is 0 Å². The average molecular weight is 300 g/mol. The van der Waals surface area contributed by atoms with Gasteiger partial charge in [0.1, 0.15) is 0 Å². The van der Waals surface area contributed by atoms with Crippen LogP contribution in [0.3, 0.4) is 0 Å². The molecule has 0 radical (unpaired) electrons. The van der Waals surface area contributed by atoms with Crippen molar-refractivity contribution in [3.8, 4) is 0 Å². The summed E-state index contributed by atoms with van der Waals surface area (Å²) >= 11 is 0. The summed E-state index contributed by atoms with van der Waals surface area (Å²) in [6, 6.07) is 0. The van der Waals surface area contributed by atoms with E-state index in [4.69, 9.17) is 1.37 Å². The Balaban J connectivity index is 0.000000294. The number of piperidine rings is 1. The van der Waals surface area contributed by atoms with Gasteiger partial charge >= 0.3 is 0 Å². The Labute approximate surface area is 134 Å². The average Bonchev–Trinajstić information content (AvgIpc) is 2.51. The van der Waals surface area contributed by atoms with Crippen molar-refractivity contribution in [3.63, 3.8) is 0 Å². The minimum absolute atomic E-state index is 0. The number of hydrogen-bond acceptors (Lipinski definition) is 4. The highest BCUT2D eigenvalue weighted by atomic mass is 15.2. The second kappa shape index (κ2) is 14.5. The molecule has 0 atom stereocenters. The standard InChI is InChI=1S/C6H11N.C5H12N2.C5H11N.CH4/c1-6-2-4-7-5-3-6;1-7-4-2-6-3-5-7;1-2-4-6-5-3-1;/h2,7H,3-5H2,1H3;6H,2-5H2,1H3;6H,1-5H2;1H4/i;;1D;. The lowest BCUT2D eigenvalue weighted by Crippen LogP contribution is -2.40. The van der Waals surface area contributed by atoms with E-state index in [0.29, 0.717) is 0 Å². The number of hydrogen-bond donors (Lipinski definition) is 3. The SMILES string of the molecule is C.CC1=CCNCC1.CN1CCNCC1.[2H]C1CCNCC1. The Bertz CT molecular complexity index is 256. The summed E-state index contributed by atoms with van der Waals surface area (Å²) in [7, 11) is 2.15. The van der Waals surface area contributed by atoms with Gasteiger partial charge in [0.2, 0.25) is 0 Å². The van der Waals surface area contributed by atoms with Gasteiger partial charge in [0.15, 0.2) is 0 Å². The predicted octanol–water partition coefficient (Wildman–Crippen LogP) is 1.84. The second-order valence-electron chi connectivity index (χ2n) is 5.67. The van der Waals surface area contributed by atoms with E-state index < -0.39 is 0 Å². The van der Waals surface area contributed by atoms with Crippen LogP contribution in [0.4, 0.5) is 0 Å². The zero-order valence-electron chi connectivity index (χ0n) is 14.4. The summed E-state index contributed by atoms with van der Waals surface area (Å²) in [4.78, 5) is 2.33. The lowest BCUT2D eigenvalue weighted by atomic mass is 10.1. The van der Waals surface area contributed by atoms with Crippen LogP contribution in [0.25, 0.3) is 0 Å². The normalized spacial score (nSPS) is 24.1. The summed E-state index contributed by atoms with van der Waals surface area (Å²) in [5.74, 6) is 0.